The molecule has 1 N–H and O–H groups in total. The molecule has 0 aliphatic heterocycles. The maximum absolute atomic E-state index is 12.3. The summed E-state index contributed by atoms with van der Waals surface area (Å²) in [6.07, 6.45) is 1.64. The fraction of sp³-hybridized carbons (Fsp3) is 0.0909. The third-order valence-electron chi connectivity index (χ3n) is 4.22. The molecule has 156 valence electrons. The summed E-state index contributed by atoms with van der Waals surface area (Å²) in [7, 11) is 0. The number of rotatable bonds is 7. The van der Waals surface area contributed by atoms with Crippen molar-refractivity contribution in [2.45, 2.75) is 6.61 Å². The number of hydrogen-bond acceptors (Lipinski definition) is 7. The lowest BCUT2D eigenvalue weighted by molar-refractivity contribution is -0.118. The van der Waals surface area contributed by atoms with Gasteiger partial charge in [0, 0.05) is 23.3 Å². The minimum Gasteiger partial charge on any atom is -0.484 e. The highest BCUT2D eigenvalue weighted by Crippen LogP contribution is 2.13. The van der Waals surface area contributed by atoms with E-state index >= 15 is 0 Å². The maximum Gasteiger partial charge on any atom is 0.338 e. The van der Waals surface area contributed by atoms with Gasteiger partial charge in [0.25, 0.3) is 11.5 Å². The smallest absolute Gasteiger partial charge is 0.338 e. The zero-order chi connectivity index (χ0) is 21.6. The second-order valence-corrected chi connectivity index (χ2v) is 7.32. The molecule has 0 bridgehead atoms. The molecule has 0 unspecified atom stereocenters. The van der Waals surface area contributed by atoms with Crippen LogP contribution in [-0.2, 0) is 16.1 Å². The van der Waals surface area contributed by atoms with E-state index in [9.17, 15) is 14.4 Å². The van der Waals surface area contributed by atoms with E-state index in [2.05, 4.69) is 10.3 Å². The number of carbonyl (C=O) groups is 2. The van der Waals surface area contributed by atoms with E-state index in [4.69, 9.17) is 9.47 Å². The van der Waals surface area contributed by atoms with Crippen LogP contribution >= 0.6 is 11.3 Å². The molecule has 31 heavy (non-hydrogen) atoms. The first-order valence-electron chi connectivity index (χ1n) is 9.29. The van der Waals surface area contributed by atoms with E-state index in [1.807, 2.05) is 18.2 Å². The summed E-state index contributed by atoms with van der Waals surface area (Å²) in [5, 5.41) is 4.45. The second-order valence-electron chi connectivity index (χ2n) is 6.44. The third kappa shape index (κ3) is 5.14. The number of benzene rings is 2. The Morgan fingerprint density at radius 1 is 1.06 bits per heavy atom. The van der Waals surface area contributed by atoms with Crippen LogP contribution in [0.1, 0.15) is 16.1 Å². The Kier molecular flexibility index (Phi) is 6.04. The van der Waals surface area contributed by atoms with Crippen LogP contribution in [0.5, 0.6) is 5.75 Å². The number of nitrogens with zero attached hydrogens (tertiary/aromatic N) is 2. The number of para-hydroxylation sites is 1. The van der Waals surface area contributed by atoms with Gasteiger partial charge in [0.2, 0.25) is 0 Å². The molecule has 0 radical (unpaired) electrons. The minimum atomic E-state index is -0.557. The van der Waals surface area contributed by atoms with Crippen molar-refractivity contribution in [1.29, 1.82) is 0 Å². The molecule has 9 heteroatoms. The van der Waals surface area contributed by atoms with Gasteiger partial charge in [0.05, 0.1) is 11.3 Å². The van der Waals surface area contributed by atoms with Gasteiger partial charge >= 0.3 is 5.97 Å². The lowest BCUT2D eigenvalue weighted by Gasteiger charge is -2.08. The molecule has 4 aromatic rings. The maximum atomic E-state index is 12.3. The topological polar surface area (TPSA) is 99.0 Å². The van der Waals surface area contributed by atoms with Gasteiger partial charge in [-0.1, -0.05) is 18.2 Å². The summed E-state index contributed by atoms with van der Waals surface area (Å²) in [6, 6.07) is 16.6. The Balaban J connectivity index is 1.30. The van der Waals surface area contributed by atoms with E-state index < -0.39 is 5.97 Å². The average Bonchev–Trinajstić information content (AvgIpc) is 3.27. The summed E-state index contributed by atoms with van der Waals surface area (Å²) >= 11 is 1.32. The molecule has 0 atom stereocenters. The molecule has 1 amide bonds. The standard InChI is InChI=1S/C22H17N3O5S/c26-19(14-29-18-4-2-1-3-5-18)23-16-8-6-15(7-9-16)21(28)30-13-17-12-20(27)25-10-11-31-22(25)24-17/h1-12H,13-14H2,(H,23,26). The molecular weight excluding hydrogens is 418 g/mol. The van der Waals surface area contributed by atoms with Gasteiger partial charge in [-0.25, -0.2) is 9.78 Å². The monoisotopic (exact) mass is 435 g/mol. The highest BCUT2D eigenvalue weighted by atomic mass is 32.1. The molecule has 2 aromatic heterocycles. The lowest BCUT2D eigenvalue weighted by Crippen LogP contribution is -2.20. The van der Waals surface area contributed by atoms with Crippen molar-refractivity contribution in [3.05, 3.63) is 93.9 Å². The van der Waals surface area contributed by atoms with Gasteiger partial charge < -0.3 is 14.8 Å². The fourth-order valence-electron chi connectivity index (χ4n) is 2.74. The highest BCUT2D eigenvalue weighted by Gasteiger charge is 2.11. The van der Waals surface area contributed by atoms with Gasteiger partial charge in [-0.15, -0.1) is 11.3 Å². The van der Waals surface area contributed by atoms with E-state index in [1.54, 1.807) is 48.0 Å². The highest BCUT2D eigenvalue weighted by molar-refractivity contribution is 7.15. The Morgan fingerprint density at radius 2 is 1.84 bits per heavy atom. The fourth-order valence-corrected chi connectivity index (χ4v) is 3.48. The predicted molar refractivity (Wildman–Crippen MR) is 115 cm³/mol. The Morgan fingerprint density at radius 3 is 2.61 bits per heavy atom. The van der Waals surface area contributed by atoms with Crippen molar-refractivity contribution in [1.82, 2.24) is 9.38 Å². The van der Waals surface area contributed by atoms with Gasteiger partial charge in [-0.3, -0.25) is 14.0 Å². The number of ether oxygens (including phenoxy) is 2. The Bertz CT molecular complexity index is 1270. The van der Waals surface area contributed by atoms with Crippen LogP contribution in [0.3, 0.4) is 0 Å². The molecule has 2 aromatic carbocycles. The van der Waals surface area contributed by atoms with Gasteiger partial charge in [0.1, 0.15) is 12.4 Å². The summed E-state index contributed by atoms with van der Waals surface area (Å²) in [5.41, 5.74) is 0.986. The predicted octanol–water partition coefficient (Wildman–Crippen LogP) is 3.13. The summed E-state index contributed by atoms with van der Waals surface area (Å²) in [4.78, 5) is 41.1. The molecule has 4 rings (SSSR count). The molecule has 2 heterocycles. The number of nitrogens with one attached hydrogen (secondary N) is 1. The Labute approximate surface area is 180 Å². The van der Waals surface area contributed by atoms with Crippen LogP contribution in [0, 0.1) is 0 Å². The van der Waals surface area contributed by atoms with Gasteiger partial charge in [0.15, 0.2) is 11.6 Å². The second kappa shape index (κ2) is 9.23. The number of aromatic nitrogens is 2. The average molecular weight is 435 g/mol. The van der Waals surface area contributed by atoms with Gasteiger partial charge in [-0.2, -0.15) is 0 Å². The van der Waals surface area contributed by atoms with Crippen LogP contribution in [-0.4, -0.2) is 27.9 Å². The normalized spacial score (nSPS) is 10.6. The molecule has 0 aliphatic rings. The zero-order valence-electron chi connectivity index (χ0n) is 16.2. The number of amides is 1. The van der Waals surface area contributed by atoms with E-state index in [0.717, 1.165) is 0 Å². The largest absolute Gasteiger partial charge is 0.484 e. The number of thiazole rings is 1. The van der Waals surface area contributed by atoms with Crippen LogP contribution in [0.15, 0.2) is 77.0 Å². The molecular formula is C22H17N3O5S. The van der Waals surface area contributed by atoms with Crippen molar-refractivity contribution < 1.29 is 19.1 Å². The number of carbonyl (C=O) groups excluding carboxylic acids is 2. The van der Waals surface area contributed by atoms with Crippen molar-refractivity contribution >= 4 is 33.9 Å². The van der Waals surface area contributed by atoms with Crippen molar-refractivity contribution in [2.24, 2.45) is 0 Å². The summed E-state index contributed by atoms with van der Waals surface area (Å²) < 4.78 is 12.1. The summed E-state index contributed by atoms with van der Waals surface area (Å²) in [5.74, 6) is -0.273. The number of fused-ring (bicyclic) bond motifs is 1. The zero-order valence-corrected chi connectivity index (χ0v) is 17.0. The van der Waals surface area contributed by atoms with Crippen LogP contribution < -0.4 is 15.6 Å². The molecule has 0 spiro atoms. The van der Waals surface area contributed by atoms with Gasteiger partial charge in [-0.05, 0) is 36.4 Å². The molecule has 0 saturated heterocycles. The quantitative estimate of drug-likeness (QED) is 0.448. The number of esters is 1. The first kappa shape index (κ1) is 20.3. The Hall–Kier alpha value is -3.98. The van der Waals surface area contributed by atoms with Crippen LogP contribution in [0.25, 0.3) is 4.96 Å². The third-order valence-corrected chi connectivity index (χ3v) is 4.98. The lowest BCUT2D eigenvalue weighted by atomic mass is 10.2. The number of anilines is 1. The molecule has 0 saturated carbocycles. The van der Waals surface area contributed by atoms with Crippen LogP contribution in [0.4, 0.5) is 5.69 Å². The summed E-state index contributed by atoms with van der Waals surface area (Å²) in [6.45, 7) is -0.243. The first-order chi connectivity index (χ1) is 15.1. The van der Waals surface area contributed by atoms with Crippen molar-refractivity contribution in [2.75, 3.05) is 11.9 Å². The van der Waals surface area contributed by atoms with Crippen molar-refractivity contribution in [3.63, 3.8) is 0 Å². The van der Waals surface area contributed by atoms with Crippen LogP contribution in [0.2, 0.25) is 0 Å². The molecule has 0 aliphatic carbocycles. The first-order valence-corrected chi connectivity index (χ1v) is 10.2. The molecule has 0 fully saturated rings. The van der Waals surface area contributed by atoms with E-state index in [-0.39, 0.29) is 24.7 Å². The SMILES string of the molecule is O=C(COc1ccccc1)Nc1ccc(C(=O)OCc2cc(=O)n3ccsc3n2)cc1. The minimum absolute atomic E-state index is 0.113. The van der Waals surface area contributed by atoms with Crippen molar-refractivity contribution in [3.8, 4) is 5.75 Å². The molecule has 8 nitrogen and oxygen atoms in total. The number of hydrogen-bond donors (Lipinski definition) is 1. The van der Waals surface area contributed by atoms with E-state index in [1.165, 1.54) is 21.8 Å². The van der Waals surface area contributed by atoms with E-state index in [0.29, 0.717) is 27.7 Å².